The van der Waals surface area contributed by atoms with Crippen LogP contribution in [0, 0.1) is 11.8 Å². The minimum absolute atomic E-state index is 0.00484. The van der Waals surface area contributed by atoms with Gasteiger partial charge in [-0.1, -0.05) is 38.3 Å². The first-order valence-electron chi connectivity index (χ1n) is 8.01. The van der Waals surface area contributed by atoms with Gasteiger partial charge in [0.05, 0.1) is 12.2 Å². The van der Waals surface area contributed by atoms with E-state index in [-0.39, 0.29) is 5.91 Å². The first kappa shape index (κ1) is 14.2. The summed E-state index contributed by atoms with van der Waals surface area (Å²) in [6.45, 7) is 3.61. The molecular formula is C17H24N2O2. The molecule has 1 amide bonds. The van der Waals surface area contributed by atoms with Gasteiger partial charge in [0.15, 0.2) is 6.10 Å². The van der Waals surface area contributed by atoms with Crippen molar-refractivity contribution < 1.29 is 9.53 Å². The molecule has 1 heterocycles. The molecule has 0 spiro atoms. The molecule has 3 rings (SSSR count). The Hall–Kier alpha value is -1.71. The summed E-state index contributed by atoms with van der Waals surface area (Å²) < 4.78 is 5.79. The molecule has 2 N–H and O–H groups in total. The number of carbonyl (C=O) groups is 1. The molecule has 4 nitrogen and oxygen atoms in total. The molecule has 1 aliphatic heterocycles. The van der Waals surface area contributed by atoms with E-state index in [4.69, 9.17) is 4.74 Å². The number of hydrogen-bond acceptors (Lipinski definition) is 3. The van der Waals surface area contributed by atoms with Gasteiger partial charge in [-0.2, -0.15) is 0 Å². The van der Waals surface area contributed by atoms with Crippen LogP contribution >= 0.6 is 0 Å². The standard InChI is InChI=1S/C17H24N2O2/c1-12-6-2-3-7-13(12)10-19-17(20)16-11-18-14-8-4-5-9-15(14)21-16/h4-5,8-9,12-13,16,18H,2-3,6-7,10-11H2,1H3,(H,19,20). The second-order valence-electron chi connectivity index (χ2n) is 6.25. The van der Waals surface area contributed by atoms with Gasteiger partial charge in [-0.05, 0) is 30.4 Å². The molecule has 0 saturated heterocycles. The van der Waals surface area contributed by atoms with E-state index in [2.05, 4.69) is 17.6 Å². The van der Waals surface area contributed by atoms with Gasteiger partial charge in [-0.15, -0.1) is 0 Å². The number of anilines is 1. The van der Waals surface area contributed by atoms with Crippen LogP contribution in [0.3, 0.4) is 0 Å². The average molecular weight is 288 g/mol. The molecule has 3 atom stereocenters. The third-order valence-corrected chi connectivity index (χ3v) is 4.75. The van der Waals surface area contributed by atoms with Crippen LogP contribution in [0.2, 0.25) is 0 Å². The Labute approximate surface area is 126 Å². The molecule has 2 aliphatic rings. The van der Waals surface area contributed by atoms with Crippen molar-refractivity contribution in [2.45, 2.75) is 38.7 Å². The van der Waals surface area contributed by atoms with Crippen LogP contribution in [0.1, 0.15) is 32.6 Å². The summed E-state index contributed by atoms with van der Waals surface area (Å²) in [7, 11) is 0. The highest BCUT2D eigenvalue weighted by molar-refractivity contribution is 5.83. The maximum atomic E-state index is 12.3. The molecule has 1 aromatic rings. The van der Waals surface area contributed by atoms with Gasteiger partial charge in [0.25, 0.3) is 5.91 Å². The molecule has 3 unspecified atom stereocenters. The quantitative estimate of drug-likeness (QED) is 0.899. The van der Waals surface area contributed by atoms with Crippen molar-refractivity contribution in [1.29, 1.82) is 0 Å². The van der Waals surface area contributed by atoms with Crippen LogP contribution in [0.4, 0.5) is 5.69 Å². The molecule has 114 valence electrons. The predicted molar refractivity (Wildman–Crippen MR) is 83.5 cm³/mol. The fourth-order valence-corrected chi connectivity index (χ4v) is 3.30. The zero-order chi connectivity index (χ0) is 14.7. The van der Waals surface area contributed by atoms with E-state index in [0.29, 0.717) is 18.4 Å². The van der Waals surface area contributed by atoms with E-state index < -0.39 is 6.10 Å². The number of nitrogens with one attached hydrogen (secondary N) is 2. The number of hydrogen-bond donors (Lipinski definition) is 2. The average Bonchev–Trinajstić information content (AvgIpc) is 2.53. The fraction of sp³-hybridized carbons (Fsp3) is 0.588. The highest BCUT2D eigenvalue weighted by atomic mass is 16.5. The molecule has 1 aromatic carbocycles. The monoisotopic (exact) mass is 288 g/mol. The second kappa shape index (κ2) is 6.37. The lowest BCUT2D eigenvalue weighted by atomic mass is 9.80. The highest BCUT2D eigenvalue weighted by Crippen LogP contribution is 2.30. The van der Waals surface area contributed by atoms with Crippen LogP contribution in [0.5, 0.6) is 5.75 Å². The number of carbonyl (C=O) groups excluding carboxylic acids is 1. The Kier molecular flexibility index (Phi) is 4.32. The van der Waals surface area contributed by atoms with Gasteiger partial charge in [0, 0.05) is 6.54 Å². The fourth-order valence-electron chi connectivity index (χ4n) is 3.30. The number of amides is 1. The second-order valence-corrected chi connectivity index (χ2v) is 6.25. The van der Waals surface area contributed by atoms with Crippen LogP contribution in [-0.4, -0.2) is 25.1 Å². The van der Waals surface area contributed by atoms with Gasteiger partial charge in [0.2, 0.25) is 0 Å². The smallest absolute Gasteiger partial charge is 0.262 e. The largest absolute Gasteiger partial charge is 0.477 e. The highest BCUT2D eigenvalue weighted by Gasteiger charge is 2.27. The maximum absolute atomic E-state index is 12.3. The number of ether oxygens (including phenoxy) is 1. The summed E-state index contributed by atoms with van der Waals surface area (Å²) >= 11 is 0. The van der Waals surface area contributed by atoms with Crippen LogP contribution < -0.4 is 15.4 Å². The molecule has 1 saturated carbocycles. The molecular weight excluding hydrogens is 264 g/mol. The van der Waals surface area contributed by atoms with Crippen LogP contribution in [0.25, 0.3) is 0 Å². The van der Waals surface area contributed by atoms with Gasteiger partial charge in [0.1, 0.15) is 5.75 Å². The molecule has 4 heteroatoms. The molecule has 0 aromatic heterocycles. The summed E-state index contributed by atoms with van der Waals surface area (Å²) in [4.78, 5) is 12.3. The third kappa shape index (κ3) is 3.31. The zero-order valence-electron chi connectivity index (χ0n) is 12.6. The molecule has 21 heavy (non-hydrogen) atoms. The lowest BCUT2D eigenvalue weighted by Crippen LogP contribution is -2.46. The summed E-state index contributed by atoms with van der Waals surface area (Å²) in [5.74, 6) is 2.08. The van der Waals surface area contributed by atoms with Crippen molar-refractivity contribution >= 4 is 11.6 Å². The number of rotatable bonds is 3. The Morgan fingerprint density at radius 2 is 2.14 bits per heavy atom. The third-order valence-electron chi connectivity index (χ3n) is 4.75. The lowest BCUT2D eigenvalue weighted by Gasteiger charge is -2.30. The maximum Gasteiger partial charge on any atom is 0.262 e. The summed E-state index contributed by atoms with van der Waals surface area (Å²) in [6, 6.07) is 7.74. The van der Waals surface area contributed by atoms with Crippen molar-refractivity contribution in [3.05, 3.63) is 24.3 Å². The van der Waals surface area contributed by atoms with Gasteiger partial charge < -0.3 is 15.4 Å². The van der Waals surface area contributed by atoms with Crippen LogP contribution in [0.15, 0.2) is 24.3 Å². The minimum atomic E-state index is -0.432. The molecule has 0 radical (unpaired) electrons. The Bertz CT molecular complexity index is 503. The van der Waals surface area contributed by atoms with E-state index in [1.165, 1.54) is 25.7 Å². The molecule has 0 bridgehead atoms. The lowest BCUT2D eigenvalue weighted by molar-refractivity contribution is -0.127. The van der Waals surface area contributed by atoms with Crippen molar-refractivity contribution in [2.75, 3.05) is 18.4 Å². The zero-order valence-corrected chi connectivity index (χ0v) is 12.6. The number of benzene rings is 1. The van der Waals surface area contributed by atoms with E-state index in [0.717, 1.165) is 18.0 Å². The van der Waals surface area contributed by atoms with E-state index >= 15 is 0 Å². The first-order valence-corrected chi connectivity index (χ1v) is 8.01. The van der Waals surface area contributed by atoms with E-state index in [1.54, 1.807) is 0 Å². The molecule has 1 aliphatic carbocycles. The minimum Gasteiger partial charge on any atom is -0.477 e. The summed E-state index contributed by atoms with van der Waals surface area (Å²) in [5.41, 5.74) is 0.961. The Balaban J connectivity index is 1.52. The first-order chi connectivity index (χ1) is 10.2. The molecule has 1 fully saturated rings. The van der Waals surface area contributed by atoms with E-state index in [9.17, 15) is 4.79 Å². The van der Waals surface area contributed by atoms with Gasteiger partial charge in [-0.3, -0.25) is 4.79 Å². The Morgan fingerprint density at radius 3 is 3.00 bits per heavy atom. The van der Waals surface area contributed by atoms with E-state index in [1.807, 2.05) is 24.3 Å². The normalized spacial score (nSPS) is 28.0. The van der Waals surface area contributed by atoms with Gasteiger partial charge in [-0.25, -0.2) is 0 Å². The van der Waals surface area contributed by atoms with Crippen LogP contribution in [-0.2, 0) is 4.79 Å². The Morgan fingerprint density at radius 1 is 1.33 bits per heavy atom. The topological polar surface area (TPSA) is 50.4 Å². The van der Waals surface area contributed by atoms with Crippen molar-refractivity contribution in [3.8, 4) is 5.75 Å². The number of fused-ring (bicyclic) bond motifs is 1. The van der Waals surface area contributed by atoms with Crippen molar-refractivity contribution in [1.82, 2.24) is 5.32 Å². The summed E-state index contributed by atoms with van der Waals surface area (Å²) in [6.07, 6.45) is 4.71. The summed E-state index contributed by atoms with van der Waals surface area (Å²) in [5, 5.41) is 6.33. The number of para-hydroxylation sites is 2. The van der Waals surface area contributed by atoms with Gasteiger partial charge >= 0.3 is 0 Å². The van der Waals surface area contributed by atoms with Crippen molar-refractivity contribution in [2.24, 2.45) is 11.8 Å². The SMILES string of the molecule is CC1CCCCC1CNC(=O)C1CNc2ccccc2O1. The van der Waals surface area contributed by atoms with Crippen molar-refractivity contribution in [3.63, 3.8) is 0 Å². The predicted octanol–water partition coefficient (Wildman–Crippen LogP) is 2.80.